The summed E-state index contributed by atoms with van der Waals surface area (Å²) in [7, 11) is 0. The number of allylic oxidation sites excluding steroid dienone is 1. The average Bonchev–Trinajstić information content (AvgIpc) is 3.32. The number of nitrogens with zero attached hydrogens (tertiary/aromatic N) is 1. The van der Waals surface area contributed by atoms with Gasteiger partial charge in [-0.15, -0.1) is 0 Å². The molecule has 0 spiro atoms. The van der Waals surface area contributed by atoms with E-state index in [1.165, 1.54) is 22.3 Å². The fourth-order valence-electron chi connectivity index (χ4n) is 5.96. The van der Waals surface area contributed by atoms with E-state index in [4.69, 9.17) is 9.84 Å². The molecule has 7 nitrogen and oxygen atoms in total. The number of likely N-dealkylation sites (tertiary alicyclic amines) is 1. The summed E-state index contributed by atoms with van der Waals surface area (Å²) in [6.07, 6.45) is 2.44. The Hall–Kier alpha value is -3.78. The monoisotopic (exact) mass is 554 g/mol. The highest BCUT2D eigenvalue weighted by Gasteiger charge is 2.31. The number of nitrogens with one attached hydrogen (secondary N) is 1. The predicted octanol–water partition coefficient (Wildman–Crippen LogP) is 5.18. The SMILES string of the molecule is C=C(CCC(=O)O)c1cccc(C[C@H](NC(O)OCC2c3ccccc3-c3ccccc32)C(=O)N2CCCCC2)c1. The number of fused-ring (bicyclic) bond motifs is 3. The third kappa shape index (κ3) is 6.93. The number of aliphatic hydroxyl groups is 1. The summed E-state index contributed by atoms with van der Waals surface area (Å²) >= 11 is 0. The molecule has 1 fully saturated rings. The molecule has 0 radical (unpaired) electrons. The second kappa shape index (κ2) is 13.3. The zero-order valence-electron chi connectivity index (χ0n) is 23.3. The Morgan fingerprint density at radius 3 is 2.24 bits per heavy atom. The maximum Gasteiger partial charge on any atom is 0.303 e. The number of hydrogen-bond donors (Lipinski definition) is 3. The third-order valence-corrected chi connectivity index (χ3v) is 8.11. The molecule has 3 aromatic carbocycles. The van der Waals surface area contributed by atoms with Crippen LogP contribution in [-0.4, -0.2) is 59.1 Å². The number of aliphatic carboxylic acids is 1. The molecule has 3 N–H and O–H groups in total. The summed E-state index contributed by atoms with van der Waals surface area (Å²) in [5.74, 6) is -0.931. The molecule has 1 unspecified atom stereocenters. The van der Waals surface area contributed by atoms with Crippen molar-refractivity contribution in [3.63, 3.8) is 0 Å². The van der Waals surface area contributed by atoms with Crippen LogP contribution >= 0.6 is 0 Å². The van der Waals surface area contributed by atoms with Crippen LogP contribution in [0.4, 0.5) is 0 Å². The average molecular weight is 555 g/mol. The maximum atomic E-state index is 13.6. The summed E-state index contributed by atoms with van der Waals surface area (Å²) in [4.78, 5) is 26.5. The van der Waals surface area contributed by atoms with Gasteiger partial charge in [-0.25, -0.2) is 0 Å². The van der Waals surface area contributed by atoms with Crippen LogP contribution < -0.4 is 5.32 Å². The van der Waals surface area contributed by atoms with Gasteiger partial charge in [0.05, 0.1) is 12.6 Å². The highest BCUT2D eigenvalue weighted by Crippen LogP contribution is 2.44. The third-order valence-electron chi connectivity index (χ3n) is 8.11. The van der Waals surface area contributed by atoms with Gasteiger partial charge in [0.25, 0.3) is 0 Å². The summed E-state index contributed by atoms with van der Waals surface area (Å²) in [6.45, 7) is 5.73. The molecule has 214 valence electrons. The number of amides is 1. The number of carboxylic acid groups (broad SMARTS) is 1. The smallest absolute Gasteiger partial charge is 0.303 e. The predicted molar refractivity (Wildman–Crippen MR) is 159 cm³/mol. The summed E-state index contributed by atoms with van der Waals surface area (Å²) < 4.78 is 5.97. The van der Waals surface area contributed by atoms with Crippen molar-refractivity contribution < 1.29 is 24.5 Å². The minimum atomic E-state index is -1.33. The number of ether oxygens (including phenoxy) is 1. The van der Waals surface area contributed by atoms with Gasteiger partial charge < -0.3 is 19.8 Å². The summed E-state index contributed by atoms with van der Waals surface area (Å²) in [6, 6.07) is 23.5. The van der Waals surface area contributed by atoms with Crippen molar-refractivity contribution in [2.75, 3.05) is 19.7 Å². The van der Waals surface area contributed by atoms with Crippen LogP contribution in [0.25, 0.3) is 16.7 Å². The van der Waals surface area contributed by atoms with E-state index in [9.17, 15) is 14.7 Å². The van der Waals surface area contributed by atoms with E-state index in [0.717, 1.165) is 36.0 Å². The largest absolute Gasteiger partial charge is 0.481 e. The zero-order valence-corrected chi connectivity index (χ0v) is 23.3. The second-order valence-corrected chi connectivity index (χ2v) is 10.9. The minimum Gasteiger partial charge on any atom is -0.481 e. The van der Waals surface area contributed by atoms with Crippen LogP contribution in [0.15, 0.2) is 79.4 Å². The Kier molecular flexibility index (Phi) is 9.29. The van der Waals surface area contributed by atoms with Gasteiger partial charge in [-0.3, -0.25) is 14.9 Å². The van der Waals surface area contributed by atoms with Crippen LogP contribution in [0.3, 0.4) is 0 Å². The minimum absolute atomic E-state index is 0.0106. The molecule has 5 rings (SSSR count). The lowest BCUT2D eigenvalue weighted by Crippen LogP contribution is -2.52. The number of piperidine rings is 1. The molecule has 0 saturated carbocycles. The van der Waals surface area contributed by atoms with Gasteiger partial charge in [-0.1, -0.05) is 79.4 Å². The van der Waals surface area contributed by atoms with Gasteiger partial charge in [-0.2, -0.15) is 0 Å². The molecule has 3 aromatic rings. The van der Waals surface area contributed by atoms with Crippen molar-refractivity contribution >= 4 is 17.4 Å². The highest BCUT2D eigenvalue weighted by molar-refractivity contribution is 5.82. The van der Waals surface area contributed by atoms with Gasteiger partial charge in [-0.05, 0) is 71.1 Å². The van der Waals surface area contributed by atoms with Crippen LogP contribution in [0.2, 0.25) is 0 Å². The Bertz CT molecular complexity index is 1350. The van der Waals surface area contributed by atoms with Gasteiger partial charge in [0.2, 0.25) is 12.3 Å². The summed E-state index contributed by atoms with van der Waals surface area (Å²) in [5, 5.41) is 23.1. The van der Waals surface area contributed by atoms with Crippen molar-refractivity contribution in [1.82, 2.24) is 10.2 Å². The van der Waals surface area contributed by atoms with Crippen LogP contribution in [0, 0.1) is 0 Å². The van der Waals surface area contributed by atoms with E-state index in [-0.39, 0.29) is 24.9 Å². The zero-order chi connectivity index (χ0) is 28.8. The molecule has 1 heterocycles. The van der Waals surface area contributed by atoms with Gasteiger partial charge in [0, 0.05) is 25.4 Å². The molecule has 1 aliphatic heterocycles. The van der Waals surface area contributed by atoms with Crippen LogP contribution in [0.5, 0.6) is 0 Å². The molecule has 2 aliphatic rings. The molecule has 2 atom stereocenters. The molecule has 1 saturated heterocycles. The number of hydrogen-bond acceptors (Lipinski definition) is 5. The summed E-state index contributed by atoms with van der Waals surface area (Å²) in [5.41, 5.74) is 7.19. The number of carbonyl (C=O) groups excluding carboxylic acids is 1. The first-order chi connectivity index (χ1) is 19.9. The lowest BCUT2D eigenvalue weighted by atomic mass is 9.97. The van der Waals surface area contributed by atoms with Gasteiger partial charge in [0.15, 0.2) is 0 Å². The molecule has 7 heteroatoms. The Morgan fingerprint density at radius 1 is 0.927 bits per heavy atom. The first kappa shape index (κ1) is 28.7. The lowest BCUT2D eigenvalue weighted by Gasteiger charge is -2.32. The fraction of sp³-hybridized carbons (Fsp3) is 0.353. The first-order valence-corrected chi connectivity index (χ1v) is 14.4. The highest BCUT2D eigenvalue weighted by atomic mass is 16.6. The van der Waals surface area contributed by atoms with Gasteiger partial charge in [0.1, 0.15) is 0 Å². The van der Waals surface area contributed by atoms with Crippen molar-refractivity contribution in [2.24, 2.45) is 0 Å². The molecule has 41 heavy (non-hydrogen) atoms. The lowest BCUT2D eigenvalue weighted by molar-refractivity contribution is -0.148. The molecule has 1 aliphatic carbocycles. The van der Waals surface area contributed by atoms with Crippen molar-refractivity contribution in [2.45, 2.75) is 56.9 Å². The molecule has 0 aromatic heterocycles. The first-order valence-electron chi connectivity index (χ1n) is 14.4. The Balaban J connectivity index is 1.29. The van der Waals surface area contributed by atoms with Crippen molar-refractivity contribution in [3.05, 3.63) is 102 Å². The molecule has 1 amide bonds. The van der Waals surface area contributed by atoms with Crippen molar-refractivity contribution in [1.29, 1.82) is 0 Å². The topological polar surface area (TPSA) is 99.1 Å². The molecular formula is C34H38N2O5. The Morgan fingerprint density at radius 2 is 1.59 bits per heavy atom. The quantitative estimate of drug-likeness (QED) is 0.267. The molecular weight excluding hydrogens is 516 g/mol. The normalized spacial score (nSPS) is 16.1. The van der Waals surface area contributed by atoms with E-state index < -0.39 is 18.4 Å². The number of aliphatic hydroxyl groups excluding tert-OH is 1. The van der Waals surface area contributed by atoms with E-state index in [2.05, 4.69) is 36.2 Å². The standard InChI is InChI=1S/C34H38N2O5/c1-23(16-17-32(37)38)25-11-9-10-24(20-25)21-31(33(39)36-18-7-2-8-19-36)35-34(40)41-22-30-28-14-5-3-12-26(28)27-13-4-6-15-29(27)30/h3-6,9-15,20,30-31,34-35,40H,1-2,7-8,16-19,21-22H2,(H,37,38)/t31-,34?/m0/s1. The van der Waals surface area contributed by atoms with Gasteiger partial charge >= 0.3 is 5.97 Å². The number of carboxylic acids is 1. The molecule has 0 bridgehead atoms. The van der Waals surface area contributed by atoms with E-state index in [1.807, 2.05) is 53.4 Å². The number of rotatable bonds is 12. The van der Waals surface area contributed by atoms with E-state index >= 15 is 0 Å². The Labute approximate surface area is 241 Å². The number of benzene rings is 3. The van der Waals surface area contributed by atoms with Crippen LogP contribution in [-0.2, 0) is 20.7 Å². The van der Waals surface area contributed by atoms with E-state index in [1.54, 1.807) is 0 Å². The maximum absolute atomic E-state index is 13.6. The number of carbonyl (C=O) groups is 2. The van der Waals surface area contributed by atoms with E-state index in [0.29, 0.717) is 25.9 Å². The fourth-order valence-corrected chi connectivity index (χ4v) is 5.96. The second-order valence-electron chi connectivity index (χ2n) is 10.9. The van der Waals surface area contributed by atoms with Crippen molar-refractivity contribution in [3.8, 4) is 11.1 Å². The van der Waals surface area contributed by atoms with Crippen LogP contribution in [0.1, 0.15) is 60.3 Å².